The molecule has 3 heterocycles. The molecule has 0 unspecified atom stereocenters. The van der Waals surface area contributed by atoms with E-state index in [0.29, 0.717) is 11.6 Å². The average Bonchev–Trinajstić information content (AvgIpc) is 3.40. The molecule has 0 saturated heterocycles. The Morgan fingerprint density at radius 1 is 1.03 bits per heavy atom. The molecular weight excluding hydrogens is 396 g/mol. The highest BCUT2D eigenvalue weighted by Crippen LogP contribution is 2.30. The number of pyridine rings is 1. The summed E-state index contributed by atoms with van der Waals surface area (Å²) in [4.78, 5) is 8.61. The van der Waals surface area contributed by atoms with Crippen molar-refractivity contribution < 1.29 is 4.52 Å². The molecule has 7 nitrogen and oxygen atoms in total. The number of aryl methyl sites for hydroxylation is 3. The van der Waals surface area contributed by atoms with Gasteiger partial charge in [0.1, 0.15) is 0 Å². The number of benzene rings is 1. The van der Waals surface area contributed by atoms with Crippen molar-refractivity contribution in [1.82, 2.24) is 29.9 Å². The number of unbranched alkanes of at least 4 members (excludes halogenated alkanes) is 1. The molecule has 1 aromatic carbocycles. The van der Waals surface area contributed by atoms with E-state index in [2.05, 4.69) is 68.9 Å². The van der Waals surface area contributed by atoms with Gasteiger partial charge in [0, 0.05) is 24.4 Å². The van der Waals surface area contributed by atoms with Gasteiger partial charge in [0.05, 0.1) is 11.4 Å². The lowest BCUT2D eigenvalue weighted by atomic mass is 10.1. The summed E-state index contributed by atoms with van der Waals surface area (Å²) in [6, 6.07) is 10.2. The molecule has 8 heteroatoms. The standard InChI is InChI=1S/C22H24N6OS/c1-4-5-6-19-24-20(29-27-19)14-30-22-26-25-21(17-9-11-23-12-10-17)28(22)18-8-7-15(2)16(3)13-18/h7-13H,4-6,14H2,1-3H3. The minimum atomic E-state index is 0.540. The van der Waals surface area contributed by atoms with Gasteiger partial charge in [0.2, 0.25) is 5.89 Å². The van der Waals surface area contributed by atoms with E-state index < -0.39 is 0 Å². The van der Waals surface area contributed by atoms with Crippen LogP contribution in [0, 0.1) is 13.8 Å². The summed E-state index contributed by atoms with van der Waals surface area (Å²) in [5, 5.41) is 13.8. The fourth-order valence-corrected chi connectivity index (χ4v) is 3.85. The topological polar surface area (TPSA) is 82.5 Å². The number of hydrogen-bond donors (Lipinski definition) is 0. The van der Waals surface area contributed by atoms with E-state index in [4.69, 9.17) is 4.52 Å². The van der Waals surface area contributed by atoms with E-state index >= 15 is 0 Å². The summed E-state index contributed by atoms with van der Waals surface area (Å²) >= 11 is 1.54. The molecule has 0 saturated carbocycles. The first-order valence-electron chi connectivity index (χ1n) is 10.0. The molecule has 30 heavy (non-hydrogen) atoms. The molecule has 0 radical (unpaired) electrons. The fourth-order valence-electron chi connectivity index (χ4n) is 3.06. The predicted octanol–water partition coefficient (Wildman–Crippen LogP) is 4.96. The summed E-state index contributed by atoms with van der Waals surface area (Å²) in [6.45, 7) is 6.37. The second-order valence-electron chi connectivity index (χ2n) is 7.14. The van der Waals surface area contributed by atoms with E-state index in [1.807, 2.05) is 12.1 Å². The van der Waals surface area contributed by atoms with Gasteiger partial charge in [-0.05, 0) is 55.7 Å². The van der Waals surface area contributed by atoms with Crippen molar-refractivity contribution in [2.24, 2.45) is 0 Å². The zero-order chi connectivity index (χ0) is 20.9. The lowest BCUT2D eigenvalue weighted by Crippen LogP contribution is -2.01. The van der Waals surface area contributed by atoms with Crippen LogP contribution in [-0.4, -0.2) is 29.9 Å². The van der Waals surface area contributed by atoms with Crippen LogP contribution in [0.25, 0.3) is 17.1 Å². The highest BCUT2D eigenvalue weighted by atomic mass is 32.2. The highest BCUT2D eigenvalue weighted by molar-refractivity contribution is 7.98. The summed E-state index contributed by atoms with van der Waals surface area (Å²) < 4.78 is 7.48. The van der Waals surface area contributed by atoms with Crippen molar-refractivity contribution in [3.8, 4) is 17.1 Å². The van der Waals surface area contributed by atoms with Crippen LogP contribution in [0.5, 0.6) is 0 Å². The number of hydrogen-bond acceptors (Lipinski definition) is 7. The molecule has 0 aliphatic carbocycles. The summed E-state index contributed by atoms with van der Waals surface area (Å²) in [5.74, 6) is 2.68. The quantitative estimate of drug-likeness (QED) is 0.372. The first-order valence-corrected chi connectivity index (χ1v) is 11.0. The second kappa shape index (κ2) is 9.21. The van der Waals surface area contributed by atoms with Crippen LogP contribution in [0.15, 0.2) is 52.4 Å². The number of nitrogens with zero attached hydrogens (tertiary/aromatic N) is 6. The Morgan fingerprint density at radius 3 is 2.63 bits per heavy atom. The Hall–Kier alpha value is -3.00. The van der Waals surface area contributed by atoms with Gasteiger partial charge < -0.3 is 4.52 Å². The van der Waals surface area contributed by atoms with Crippen LogP contribution in [0.1, 0.15) is 42.6 Å². The lowest BCUT2D eigenvalue weighted by molar-refractivity contribution is 0.384. The van der Waals surface area contributed by atoms with Crippen LogP contribution in [0.4, 0.5) is 0 Å². The molecule has 0 N–H and O–H groups in total. The van der Waals surface area contributed by atoms with Gasteiger partial charge in [-0.25, -0.2) is 0 Å². The Balaban J connectivity index is 1.65. The number of aromatic nitrogens is 6. The molecule has 0 atom stereocenters. The molecule has 0 bridgehead atoms. The molecule has 0 aliphatic rings. The van der Waals surface area contributed by atoms with Gasteiger partial charge in [-0.1, -0.05) is 36.3 Å². The Morgan fingerprint density at radius 2 is 1.87 bits per heavy atom. The van der Waals surface area contributed by atoms with Crippen LogP contribution in [0.2, 0.25) is 0 Å². The molecule has 0 spiro atoms. The maximum Gasteiger partial charge on any atom is 0.237 e. The molecular formula is C22H24N6OS. The Labute approximate surface area is 180 Å². The van der Waals surface area contributed by atoms with Crippen LogP contribution in [-0.2, 0) is 12.2 Å². The third-order valence-electron chi connectivity index (χ3n) is 4.91. The van der Waals surface area contributed by atoms with Gasteiger partial charge >= 0.3 is 0 Å². The van der Waals surface area contributed by atoms with Crippen LogP contribution in [0.3, 0.4) is 0 Å². The molecule has 3 aromatic heterocycles. The maximum absolute atomic E-state index is 5.41. The van der Waals surface area contributed by atoms with Crippen molar-refractivity contribution in [2.45, 2.75) is 50.9 Å². The first kappa shape index (κ1) is 20.3. The van der Waals surface area contributed by atoms with Crippen molar-refractivity contribution in [3.63, 3.8) is 0 Å². The number of rotatable bonds is 8. The van der Waals surface area contributed by atoms with E-state index in [0.717, 1.165) is 47.3 Å². The zero-order valence-corrected chi connectivity index (χ0v) is 18.2. The number of thioether (sulfide) groups is 1. The molecule has 154 valence electrons. The van der Waals surface area contributed by atoms with E-state index in [9.17, 15) is 0 Å². The van der Waals surface area contributed by atoms with Gasteiger partial charge in [0.15, 0.2) is 16.8 Å². The highest BCUT2D eigenvalue weighted by Gasteiger charge is 2.18. The van der Waals surface area contributed by atoms with Gasteiger partial charge in [-0.3, -0.25) is 9.55 Å². The monoisotopic (exact) mass is 420 g/mol. The predicted molar refractivity (Wildman–Crippen MR) is 117 cm³/mol. The van der Waals surface area contributed by atoms with E-state index in [1.165, 1.54) is 22.9 Å². The lowest BCUT2D eigenvalue weighted by Gasteiger charge is -2.11. The molecule has 0 aliphatic heterocycles. The van der Waals surface area contributed by atoms with E-state index in [-0.39, 0.29) is 0 Å². The van der Waals surface area contributed by atoms with Crippen molar-refractivity contribution in [1.29, 1.82) is 0 Å². The smallest absolute Gasteiger partial charge is 0.237 e. The normalized spacial score (nSPS) is 11.2. The summed E-state index contributed by atoms with van der Waals surface area (Å²) in [7, 11) is 0. The first-order chi connectivity index (χ1) is 14.7. The van der Waals surface area contributed by atoms with Crippen LogP contribution < -0.4 is 0 Å². The third kappa shape index (κ3) is 4.43. The molecule has 0 fully saturated rings. The van der Waals surface area contributed by atoms with Crippen LogP contribution >= 0.6 is 11.8 Å². The largest absolute Gasteiger partial charge is 0.338 e. The molecule has 4 rings (SSSR count). The maximum atomic E-state index is 5.41. The second-order valence-corrected chi connectivity index (χ2v) is 8.09. The average molecular weight is 421 g/mol. The Kier molecular flexibility index (Phi) is 6.23. The Bertz CT molecular complexity index is 1120. The SMILES string of the molecule is CCCCc1noc(CSc2nnc(-c3ccncc3)n2-c2ccc(C)c(C)c2)n1. The third-order valence-corrected chi connectivity index (χ3v) is 5.82. The zero-order valence-electron chi connectivity index (χ0n) is 17.4. The molecule has 0 amide bonds. The van der Waals surface area contributed by atoms with Crippen molar-refractivity contribution in [2.75, 3.05) is 0 Å². The van der Waals surface area contributed by atoms with Crippen molar-refractivity contribution >= 4 is 11.8 Å². The van der Waals surface area contributed by atoms with Gasteiger partial charge in [0.25, 0.3) is 0 Å². The summed E-state index contributed by atoms with van der Waals surface area (Å²) in [5.41, 5.74) is 4.45. The van der Waals surface area contributed by atoms with Gasteiger partial charge in [-0.15, -0.1) is 10.2 Å². The fraction of sp³-hybridized carbons (Fsp3) is 0.318. The minimum Gasteiger partial charge on any atom is -0.338 e. The van der Waals surface area contributed by atoms with Gasteiger partial charge in [-0.2, -0.15) is 4.98 Å². The molecule has 4 aromatic rings. The summed E-state index contributed by atoms with van der Waals surface area (Å²) in [6.07, 6.45) is 6.53. The van der Waals surface area contributed by atoms with Crippen molar-refractivity contribution in [3.05, 3.63) is 65.6 Å². The van der Waals surface area contributed by atoms with E-state index in [1.54, 1.807) is 12.4 Å². The minimum absolute atomic E-state index is 0.540.